The molecule has 0 radical (unpaired) electrons. The van der Waals surface area contributed by atoms with Crippen LogP contribution in [0.25, 0.3) is 0 Å². The number of ether oxygens (including phenoxy) is 2. The molecule has 1 N–H and O–H groups in total. The van der Waals surface area contributed by atoms with E-state index < -0.39 is 0 Å². The van der Waals surface area contributed by atoms with Gasteiger partial charge in [-0.25, -0.2) is 9.59 Å². The van der Waals surface area contributed by atoms with E-state index in [1.807, 2.05) is 0 Å². The fourth-order valence-corrected chi connectivity index (χ4v) is 1.94. The maximum atomic E-state index is 11.5. The van der Waals surface area contributed by atoms with Gasteiger partial charge >= 0.3 is 12.2 Å². The van der Waals surface area contributed by atoms with Gasteiger partial charge in [-0.1, -0.05) is 0 Å². The molecule has 1 saturated heterocycles. The number of likely N-dealkylation sites (tertiary alicyclic amines) is 1. The number of amides is 2. The number of alkyl carbamates (subject to hydrolysis) is 1. The monoisotopic (exact) mass is 258 g/mol. The van der Waals surface area contributed by atoms with Crippen LogP contribution in [0.3, 0.4) is 0 Å². The van der Waals surface area contributed by atoms with Gasteiger partial charge in [-0.15, -0.1) is 0 Å². The van der Waals surface area contributed by atoms with Gasteiger partial charge < -0.3 is 19.7 Å². The number of nitrogens with zero attached hydrogens (tertiary/aromatic N) is 1. The van der Waals surface area contributed by atoms with Crippen LogP contribution in [0.15, 0.2) is 0 Å². The highest BCUT2D eigenvalue weighted by Crippen LogP contribution is 2.17. The Morgan fingerprint density at radius 3 is 2.33 bits per heavy atom. The van der Waals surface area contributed by atoms with Crippen molar-refractivity contribution in [1.82, 2.24) is 10.2 Å². The number of carbonyl (C=O) groups excluding carboxylic acids is 2. The number of hydrogen-bond acceptors (Lipinski definition) is 4. The van der Waals surface area contributed by atoms with Crippen molar-refractivity contribution in [3.63, 3.8) is 0 Å². The van der Waals surface area contributed by atoms with Gasteiger partial charge in [0, 0.05) is 19.6 Å². The summed E-state index contributed by atoms with van der Waals surface area (Å²) in [5, 5.41) is 2.73. The van der Waals surface area contributed by atoms with E-state index in [-0.39, 0.29) is 12.2 Å². The van der Waals surface area contributed by atoms with E-state index in [4.69, 9.17) is 9.47 Å². The van der Waals surface area contributed by atoms with Crippen molar-refractivity contribution in [2.24, 2.45) is 5.92 Å². The highest BCUT2D eigenvalue weighted by molar-refractivity contribution is 5.68. The van der Waals surface area contributed by atoms with Gasteiger partial charge in [0.15, 0.2) is 0 Å². The molecule has 6 heteroatoms. The second-order valence-corrected chi connectivity index (χ2v) is 4.23. The molecule has 0 aromatic heterocycles. The van der Waals surface area contributed by atoms with E-state index >= 15 is 0 Å². The zero-order valence-corrected chi connectivity index (χ0v) is 11.1. The van der Waals surface area contributed by atoms with E-state index in [1.54, 1.807) is 18.7 Å². The first-order valence-electron chi connectivity index (χ1n) is 6.49. The predicted octanol–water partition coefficient (Wildman–Crippen LogP) is 1.60. The molecule has 1 aliphatic heterocycles. The molecule has 0 aromatic carbocycles. The van der Waals surface area contributed by atoms with Crippen molar-refractivity contribution in [2.45, 2.75) is 26.7 Å². The summed E-state index contributed by atoms with van der Waals surface area (Å²) in [4.78, 5) is 24.3. The molecule has 1 aliphatic rings. The molecule has 0 atom stereocenters. The summed E-state index contributed by atoms with van der Waals surface area (Å²) < 4.78 is 9.73. The van der Waals surface area contributed by atoms with Crippen molar-refractivity contribution >= 4 is 12.2 Å². The van der Waals surface area contributed by atoms with Crippen molar-refractivity contribution in [2.75, 3.05) is 32.8 Å². The van der Waals surface area contributed by atoms with Crippen LogP contribution in [0.1, 0.15) is 26.7 Å². The lowest BCUT2D eigenvalue weighted by atomic mass is 9.97. The first-order valence-corrected chi connectivity index (χ1v) is 6.49. The van der Waals surface area contributed by atoms with E-state index in [0.29, 0.717) is 38.8 Å². The third kappa shape index (κ3) is 4.81. The minimum absolute atomic E-state index is 0.241. The van der Waals surface area contributed by atoms with Crippen LogP contribution in [-0.2, 0) is 9.47 Å². The lowest BCUT2D eigenvalue weighted by Crippen LogP contribution is -2.41. The van der Waals surface area contributed by atoms with Crippen LogP contribution in [0.5, 0.6) is 0 Å². The zero-order chi connectivity index (χ0) is 13.4. The molecule has 0 bridgehead atoms. The Bertz CT molecular complexity index is 275. The standard InChI is InChI=1S/C12H22N2O4/c1-3-17-11(15)13-9-10-5-7-14(8-6-10)12(16)18-4-2/h10H,3-9H2,1-2H3,(H,13,15). The SMILES string of the molecule is CCOC(=O)NCC1CCN(C(=O)OCC)CC1. The molecule has 0 aliphatic carbocycles. The van der Waals surface area contributed by atoms with E-state index in [9.17, 15) is 9.59 Å². The molecular formula is C12H22N2O4. The van der Waals surface area contributed by atoms with E-state index in [2.05, 4.69) is 5.32 Å². The quantitative estimate of drug-likeness (QED) is 0.831. The maximum Gasteiger partial charge on any atom is 0.409 e. The fraction of sp³-hybridized carbons (Fsp3) is 0.833. The summed E-state index contributed by atoms with van der Waals surface area (Å²) in [5.74, 6) is 0.403. The summed E-state index contributed by atoms with van der Waals surface area (Å²) in [6.07, 6.45) is 1.15. The summed E-state index contributed by atoms with van der Waals surface area (Å²) in [6, 6.07) is 0. The minimum atomic E-state index is -0.370. The Kier molecular flexibility index (Phi) is 6.32. The second kappa shape index (κ2) is 7.79. The lowest BCUT2D eigenvalue weighted by molar-refractivity contribution is 0.0908. The molecule has 1 heterocycles. The van der Waals surface area contributed by atoms with Crippen LogP contribution in [0, 0.1) is 5.92 Å². The van der Waals surface area contributed by atoms with E-state index in [1.165, 1.54) is 0 Å². The third-order valence-corrected chi connectivity index (χ3v) is 2.95. The summed E-state index contributed by atoms with van der Waals surface area (Å²) in [6.45, 7) is 6.35. The fourth-order valence-electron chi connectivity index (χ4n) is 1.94. The molecule has 1 fully saturated rings. The third-order valence-electron chi connectivity index (χ3n) is 2.95. The van der Waals surface area contributed by atoms with Gasteiger partial charge in [0.25, 0.3) is 0 Å². The van der Waals surface area contributed by atoms with Crippen LogP contribution in [0.2, 0.25) is 0 Å². The van der Waals surface area contributed by atoms with Gasteiger partial charge in [0.1, 0.15) is 0 Å². The highest BCUT2D eigenvalue weighted by Gasteiger charge is 2.23. The number of carbonyl (C=O) groups is 2. The van der Waals surface area contributed by atoms with Crippen LogP contribution < -0.4 is 5.32 Å². The molecule has 0 saturated carbocycles. The molecule has 0 aromatic rings. The Morgan fingerprint density at radius 2 is 1.78 bits per heavy atom. The number of nitrogens with one attached hydrogen (secondary N) is 1. The molecule has 2 amide bonds. The molecule has 0 spiro atoms. The van der Waals surface area contributed by atoms with Gasteiger partial charge in [0.05, 0.1) is 13.2 Å². The molecule has 1 rings (SSSR count). The number of hydrogen-bond donors (Lipinski definition) is 1. The first-order chi connectivity index (χ1) is 8.67. The maximum absolute atomic E-state index is 11.5. The average molecular weight is 258 g/mol. The molecule has 104 valence electrons. The Morgan fingerprint density at radius 1 is 1.17 bits per heavy atom. The number of rotatable bonds is 4. The van der Waals surface area contributed by atoms with Crippen molar-refractivity contribution in [3.05, 3.63) is 0 Å². The number of piperidine rings is 1. The molecule has 0 unspecified atom stereocenters. The van der Waals surface area contributed by atoms with E-state index in [0.717, 1.165) is 12.8 Å². The van der Waals surface area contributed by atoms with Crippen molar-refractivity contribution in [1.29, 1.82) is 0 Å². The van der Waals surface area contributed by atoms with Crippen molar-refractivity contribution in [3.8, 4) is 0 Å². The molecule has 6 nitrogen and oxygen atoms in total. The summed E-state index contributed by atoms with van der Waals surface area (Å²) >= 11 is 0. The van der Waals surface area contributed by atoms with Gasteiger partial charge in [0.2, 0.25) is 0 Å². The van der Waals surface area contributed by atoms with Gasteiger partial charge in [-0.2, -0.15) is 0 Å². The Hall–Kier alpha value is -1.46. The largest absolute Gasteiger partial charge is 0.450 e. The summed E-state index contributed by atoms with van der Waals surface area (Å²) in [7, 11) is 0. The second-order valence-electron chi connectivity index (χ2n) is 4.23. The Labute approximate surface area is 108 Å². The van der Waals surface area contributed by atoms with Crippen LogP contribution in [0.4, 0.5) is 9.59 Å². The van der Waals surface area contributed by atoms with Crippen molar-refractivity contribution < 1.29 is 19.1 Å². The highest BCUT2D eigenvalue weighted by atomic mass is 16.6. The predicted molar refractivity (Wildman–Crippen MR) is 66.3 cm³/mol. The lowest BCUT2D eigenvalue weighted by Gasteiger charge is -2.31. The van der Waals surface area contributed by atoms with Gasteiger partial charge in [-0.3, -0.25) is 0 Å². The van der Waals surface area contributed by atoms with Crippen LogP contribution in [-0.4, -0.2) is 49.9 Å². The smallest absolute Gasteiger partial charge is 0.409 e. The first kappa shape index (κ1) is 14.6. The Balaban J connectivity index is 2.19. The zero-order valence-electron chi connectivity index (χ0n) is 11.1. The summed E-state index contributed by atoms with van der Waals surface area (Å²) in [5.41, 5.74) is 0. The normalized spacial score (nSPS) is 16.2. The average Bonchev–Trinajstić information content (AvgIpc) is 2.37. The molecule has 18 heavy (non-hydrogen) atoms. The van der Waals surface area contributed by atoms with Gasteiger partial charge in [-0.05, 0) is 32.6 Å². The topological polar surface area (TPSA) is 67.9 Å². The molecular weight excluding hydrogens is 236 g/mol. The minimum Gasteiger partial charge on any atom is -0.450 e. The van der Waals surface area contributed by atoms with Crippen LogP contribution >= 0.6 is 0 Å².